The molecule has 1 rings (SSSR count). The van der Waals surface area contributed by atoms with Gasteiger partial charge in [0, 0.05) is 25.0 Å². The first-order valence-corrected chi connectivity index (χ1v) is 5.84. The smallest absolute Gasteiger partial charge is 0.225 e. The van der Waals surface area contributed by atoms with Crippen molar-refractivity contribution in [2.45, 2.75) is 38.6 Å². The zero-order valence-electron chi connectivity index (χ0n) is 9.48. The van der Waals surface area contributed by atoms with Crippen LogP contribution < -0.4 is 5.73 Å². The van der Waals surface area contributed by atoms with Gasteiger partial charge in [0.25, 0.3) is 0 Å². The minimum absolute atomic E-state index is 0.0461. The number of nitrogens with two attached hydrogens (primary N) is 1. The standard InChI is InChI=1S/C11H22N2O2/c1-2-5-13(6-7-14)11(15)9-3-4-10(12)8-9/h9-10,14H,2-8,12H2,1H3. The molecule has 0 aromatic rings. The maximum absolute atomic E-state index is 12.0. The number of aliphatic hydroxyl groups excluding tert-OH is 1. The number of amides is 1. The summed E-state index contributed by atoms with van der Waals surface area (Å²) < 4.78 is 0. The van der Waals surface area contributed by atoms with Gasteiger partial charge in [-0.05, 0) is 25.7 Å². The van der Waals surface area contributed by atoms with E-state index in [-0.39, 0.29) is 24.5 Å². The first kappa shape index (κ1) is 12.5. The van der Waals surface area contributed by atoms with Crippen molar-refractivity contribution in [3.05, 3.63) is 0 Å². The molecule has 15 heavy (non-hydrogen) atoms. The first-order valence-electron chi connectivity index (χ1n) is 5.84. The minimum atomic E-state index is 0.0461. The Labute approximate surface area is 91.4 Å². The lowest BCUT2D eigenvalue weighted by Crippen LogP contribution is -2.38. The van der Waals surface area contributed by atoms with E-state index in [9.17, 15) is 4.79 Å². The molecule has 3 N–H and O–H groups in total. The lowest BCUT2D eigenvalue weighted by atomic mass is 10.1. The van der Waals surface area contributed by atoms with Gasteiger partial charge in [-0.1, -0.05) is 6.92 Å². The van der Waals surface area contributed by atoms with Gasteiger partial charge in [-0.3, -0.25) is 4.79 Å². The zero-order valence-corrected chi connectivity index (χ0v) is 9.48. The average Bonchev–Trinajstić information content (AvgIpc) is 2.63. The highest BCUT2D eigenvalue weighted by Gasteiger charge is 2.30. The second kappa shape index (κ2) is 6.08. The summed E-state index contributed by atoms with van der Waals surface area (Å²) in [6.07, 6.45) is 3.61. The van der Waals surface area contributed by atoms with E-state index in [2.05, 4.69) is 0 Å². The van der Waals surface area contributed by atoms with E-state index in [0.717, 1.165) is 32.2 Å². The van der Waals surface area contributed by atoms with Crippen molar-refractivity contribution in [3.63, 3.8) is 0 Å². The Hall–Kier alpha value is -0.610. The highest BCUT2D eigenvalue weighted by Crippen LogP contribution is 2.25. The number of hydrogen-bond acceptors (Lipinski definition) is 3. The summed E-state index contributed by atoms with van der Waals surface area (Å²) in [4.78, 5) is 13.8. The number of aliphatic hydroxyl groups is 1. The number of nitrogens with zero attached hydrogens (tertiary/aromatic N) is 1. The Balaban J connectivity index is 2.47. The normalized spacial score (nSPS) is 25.5. The fraction of sp³-hybridized carbons (Fsp3) is 0.909. The average molecular weight is 214 g/mol. The molecule has 0 aromatic carbocycles. The molecule has 0 heterocycles. The molecule has 0 saturated heterocycles. The van der Waals surface area contributed by atoms with Crippen molar-refractivity contribution in [1.29, 1.82) is 0 Å². The molecular weight excluding hydrogens is 192 g/mol. The highest BCUT2D eigenvalue weighted by molar-refractivity contribution is 5.79. The SMILES string of the molecule is CCCN(CCO)C(=O)C1CCC(N)C1. The van der Waals surface area contributed by atoms with Crippen LogP contribution in [-0.4, -0.2) is 41.7 Å². The third-order valence-corrected chi connectivity index (χ3v) is 3.00. The van der Waals surface area contributed by atoms with Crippen LogP contribution in [0.4, 0.5) is 0 Å². The molecule has 88 valence electrons. The zero-order chi connectivity index (χ0) is 11.3. The summed E-state index contributed by atoms with van der Waals surface area (Å²) in [6.45, 7) is 3.28. The van der Waals surface area contributed by atoms with Crippen molar-refractivity contribution in [2.24, 2.45) is 11.7 Å². The summed E-state index contributed by atoms with van der Waals surface area (Å²) in [5.74, 6) is 0.275. The maximum atomic E-state index is 12.0. The summed E-state index contributed by atoms with van der Waals surface area (Å²) >= 11 is 0. The molecule has 0 radical (unpaired) electrons. The van der Waals surface area contributed by atoms with E-state index in [1.54, 1.807) is 4.90 Å². The van der Waals surface area contributed by atoms with Gasteiger partial charge in [0.05, 0.1) is 6.61 Å². The van der Waals surface area contributed by atoms with Crippen LogP contribution in [0.1, 0.15) is 32.6 Å². The van der Waals surface area contributed by atoms with Gasteiger partial charge in [0.15, 0.2) is 0 Å². The molecule has 1 amide bonds. The van der Waals surface area contributed by atoms with Gasteiger partial charge in [-0.15, -0.1) is 0 Å². The van der Waals surface area contributed by atoms with Crippen LogP contribution in [-0.2, 0) is 4.79 Å². The van der Waals surface area contributed by atoms with E-state index < -0.39 is 0 Å². The van der Waals surface area contributed by atoms with Crippen LogP contribution in [0.3, 0.4) is 0 Å². The second-order valence-corrected chi connectivity index (χ2v) is 4.32. The van der Waals surface area contributed by atoms with Gasteiger partial charge >= 0.3 is 0 Å². The molecule has 0 aromatic heterocycles. The van der Waals surface area contributed by atoms with Crippen LogP contribution in [0.25, 0.3) is 0 Å². The Morgan fingerprint density at radius 1 is 1.47 bits per heavy atom. The van der Waals surface area contributed by atoms with Gasteiger partial charge in [-0.2, -0.15) is 0 Å². The van der Waals surface area contributed by atoms with Crippen molar-refractivity contribution in [1.82, 2.24) is 4.90 Å². The van der Waals surface area contributed by atoms with Crippen molar-refractivity contribution >= 4 is 5.91 Å². The molecule has 1 aliphatic rings. The fourth-order valence-electron chi connectivity index (χ4n) is 2.22. The Bertz CT molecular complexity index is 203. The van der Waals surface area contributed by atoms with E-state index in [1.165, 1.54) is 0 Å². The molecular formula is C11H22N2O2. The Kier molecular flexibility index (Phi) is 5.05. The molecule has 2 unspecified atom stereocenters. The number of carbonyl (C=O) groups excluding carboxylic acids is 1. The van der Waals surface area contributed by atoms with Gasteiger partial charge in [0.2, 0.25) is 5.91 Å². The molecule has 2 atom stereocenters. The Morgan fingerprint density at radius 2 is 2.20 bits per heavy atom. The molecule has 0 bridgehead atoms. The summed E-state index contributed by atoms with van der Waals surface area (Å²) in [6, 6.07) is 0.191. The molecule has 1 fully saturated rings. The fourth-order valence-corrected chi connectivity index (χ4v) is 2.22. The summed E-state index contributed by atoms with van der Waals surface area (Å²) in [5, 5.41) is 8.89. The first-order chi connectivity index (χ1) is 7.19. The van der Waals surface area contributed by atoms with Gasteiger partial charge < -0.3 is 15.7 Å². The highest BCUT2D eigenvalue weighted by atomic mass is 16.3. The topological polar surface area (TPSA) is 66.6 Å². The molecule has 1 aliphatic carbocycles. The summed E-state index contributed by atoms with van der Waals surface area (Å²) in [5.41, 5.74) is 5.79. The van der Waals surface area contributed by atoms with Crippen molar-refractivity contribution in [3.8, 4) is 0 Å². The van der Waals surface area contributed by atoms with Crippen LogP contribution in [0.5, 0.6) is 0 Å². The van der Waals surface area contributed by atoms with Crippen LogP contribution in [0.15, 0.2) is 0 Å². The predicted octanol–water partition coefficient (Wildman–Crippen LogP) is 0.345. The monoisotopic (exact) mass is 214 g/mol. The van der Waals surface area contributed by atoms with Crippen LogP contribution >= 0.6 is 0 Å². The molecule has 1 saturated carbocycles. The largest absolute Gasteiger partial charge is 0.395 e. The Morgan fingerprint density at radius 3 is 2.67 bits per heavy atom. The summed E-state index contributed by atoms with van der Waals surface area (Å²) in [7, 11) is 0. The third-order valence-electron chi connectivity index (χ3n) is 3.00. The van der Waals surface area contributed by atoms with E-state index >= 15 is 0 Å². The van der Waals surface area contributed by atoms with E-state index in [4.69, 9.17) is 10.8 Å². The van der Waals surface area contributed by atoms with E-state index in [0.29, 0.717) is 6.54 Å². The van der Waals surface area contributed by atoms with E-state index in [1.807, 2.05) is 6.92 Å². The maximum Gasteiger partial charge on any atom is 0.225 e. The van der Waals surface area contributed by atoms with Gasteiger partial charge in [0.1, 0.15) is 0 Å². The second-order valence-electron chi connectivity index (χ2n) is 4.32. The van der Waals surface area contributed by atoms with Crippen LogP contribution in [0, 0.1) is 5.92 Å². The molecule has 0 aliphatic heterocycles. The predicted molar refractivity (Wildman–Crippen MR) is 59.3 cm³/mol. The third kappa shape index (κ3) is 3.47. The lowest BCUT2D eigenvalue weighted by Gasteiger charge is -2.24. The molecule has 4 heteroatoms. The van der Waals surface area contributed by atoms with Crippen LogP contribution in [0.2, 0.25) is 0 Å². The number of rotatable bonds is 5. The molecule has 0 spiro atoms. The lowest BCUT2D eigenvalue weighted by molar-refractivity contribution is -0.135. The minimum Gasteiger partial charge on any atom is -0.395 e. The van der Waals surface area contributed by atoms with Crippen molar-refractivity contribution < 1.29 is 9.90 Å². The number of hydrogen-bond donors (Lipinski definition) is 2. The molecule has 4 nitrogen and oxygen atoms in total. The quantitative estimate of drug-likeness (QED) is 0.693. The van der Waals surface area contributed by atoms with Crippen molar-refractivity contribution in [2.75, 3.05) is 19.7 Å². The number of carbonyl (C=O) groups is 1. The van der Waals surface area contributed by atoms with Gasteiger partial charge in [-0.25, -0.2) is 0 Å².